The molecule has 1 aliphatic heterocycles. The van der Waals surface area contributed by atoms with Crippen LogP contribution in [-0.4, -0.2) is 95.3 Å². The number of ether oxygens (including phenoxy) is 3. The number of nitrogens with one attached hydrogen (secondary N) is 1. The number of aliphatic carboxylic acids is 1. The van der Waals surface area contributed by atoms with Gasteiger partial charge in [-0.15, -0.1) is 5.10 Å². The first-order valence-electron chi connectivity index (χ1n) is 13.2. The van der Waals surface area contributed by atoms with E-state index < -0.39 is 78.9 Å². The lowest BCUT2D eigenvalue weighted by Crippen LogP contribution is -2.68. The number of rotatable bonds is 12. The van der Waals surface area contributed by atoms with Gasteiger partial charge in [0.1, 0.15) is 36.4 Å². The van der Waals surface area contributed by atoms with Gasteiger partial charge in [-0.25, -0.2) is 18.3 Å². The number of aliphatic hydroxyl groups excluding tert-OH is 4. The number of halogens is 4. The molecular formula is C27H28Cl2F2N4O10. The van der Waals surface area contributed by atoms with Crippen LogP contribution < -0.4 is 14.8 Å². The summed E-state index contributed by atoms with van der Waals surface area (Å²) in [6, 6.07) is 6.56. The Hall–Kier alpha value is -3.64. The number of para-hydroxylation sites is 1. The Morgan fingerprint density at radius 2 is 1.91 bits per heavy atom. The summed E-state index contributed by atoms with van der Waals surface area (Å²) in [4.78, 5) is 24.2. The molecule has 0 saturated carbocycles. The molecule has 1 amide bonds. The van der Waals surface area contributed by atoms with Crippen LogP contribution in [0.3, 0.4) is 0 Å². The molecule has 14 nitrogen and oxygen atoms in total. The molecule has 4 rings (SSSR count). The third-order valence-corrected chi connectivity index (χ3v) is 7.37. The van der Waals surface area contributed by atoms with E-state index in [1.54, 1.807) is 18.2 Å². The third-order valence-electron chi connectivity index (χ3n) is 6.78. The highest BCUT2D eigenvalue weighted by atomic mass is 35.5. The monoisotopic (exact) mass is 676 g/mol. The molecule has 1 aromatic heterocycles. The van der Waals surface area contributed by atoms with Gasteiger partial charge < -0.3 is 45.1 Å². The first-order chi connectivity index (χ1) is 21.3. The van der Waals surface area contributed by atoms with Crippen molar-refractivity contribution in [1.82, 2.24) is 20.3 Å². The van der Waals surface area contributed by atoms with Crippen molar-refractivity contribution in [2.24, 2.45) is 0 Å². The van der Waals surface area contributed by atoms with Gasteiger partial charge in [-0.05, 0) is 30.3 Å². The predicted molar refractivity (Wildman–Crippen MR) is 150 cm³/mol. The van der Waals surface area contributed by atoms with Crippen LogP contribution in [0, 0.1) is 0 Å². The van der Waals surface area contributed by atoms with E-state index >= 15 is 0 Å². The minimum absolute atomic E-state index is 0.0752. The van der Waals surface area contributed by atoms with Gasteiger partial charge in [0.25, 0.3) is 6.43 Å². The van der Waals surface area contributed by atoms with Crippen LogP contribution in [0.15, 0.2) is 42.6 Å². The van der Waals surface area contributed by atoms with Gasteiger partial charge in [0.2, 0.25) is 5.91 Å². The molecule has 2 aromatic carbocycles. The van der Waals surface area contributed by atoms with E-state index in [0.29, 0.717) is 0 Å². The molecule has 1 saturated heterocycles. The topological polar surface area (TPSA) is 206 Å². The molecule has 0 bridgehead atoms. The van der Waals surface area contributed by atoms with Crippen LogP contribution in [0.4, 0.5) is 8.78 Å². The van der Waals surface area contributed by atoms with Gasteiger partial charge in [-0.3, -0.25) is 4.79 Å². The number of carbonyl (C=O) groups excluding carboxylic acids is 1. The average molecular weight is 677 g/mol. The predicted octanol–water partition coefficient (Wildman–Crippen LogP) is 1.62. The number of carbonyl (C=O) groups is 2. The molecule has 0 unspecified atom stereocenters. The van der Waals surface area contributed by atoms with Crippen molar-refractivity contribution in [2.75, 3.05) is 6.61 Å². The molecule has 3 aromatic rings. The highest BCUT2D eigenvalue weighted by Crippen LogP contribution is 2.39. The zero-order chi connectivity index (χ0) is 33.1. The van der Waals surface area contributed by atoms with E-state index in [1.165, 1.54) is 12.3 Å². The minimum atomic E-state index is -3.21. The fourth-order valence-electron chi connectivity index (χ4n) is 4.61. The molecule has 1 aliphatic rings. The van der Waals surface area contributed by atoms with Crippen LogP contribution in [0.5, 0.6) is 11.5 Å². The molecule has 45 heavy (non-hydrogen) atoms. The van der Waals surface area contributed by atoms with Gasteiger partial charge in [-0.1, -0.05) is 34.5 Å². The summed E-state index contributed by atoms with van der Waals surface area (Å²) in [5.74, 6) is -5.90. The first-order valence-corrected chi connectivity index (χ1v) is 13.9. The average Bonchev–Trinajstić information content (AvgIpc) is 3.46. The minimum Gasteiger partial charge on any atom is -0.484 e. The number of nitrogens with zero attached hydrogens (tertiary/aromatic N) is 3. The molecule has 0 spiro atoms. The standard InChI is InChI=1S/C27H28Cl2F2N4O10/c1-12(37)32-21-18(38)8-27(26(41)42,45-24(21)22(40)19(39)10-36)44-20-6-5-14(7-15(20)25(30)31)35-9-13(33-34-35)11-43-23-16(28)3-2-4-17(23)29/h2-7,9,18-19,21-22,24-25,36,38-40H,8,10-11H2,1H3,(H,32,37)(H,41,42)/t18-,19+,21+,22+,24+,27+/m0/s1. The molecule has 1 fully saturated rings. The summed E-state index contributed by atoms with van der Waals surface area (Å²) in [6.45, 7) is -0.0411. The van der Waals surface area contributed by atoms with E-state index in [2.05, 4.69) is 15.6 Å². The van der Waals surface area contributed by atoms with Crippen molar-refractivity contribution < 1.29 is 58.1 Å². The van der Waals surface area contributed by atoms with Gasteiger partial charge in [0.05, 0.1) is 52.7 Å². The van der Waals surface area contributed by atoms with Gasteiger partial charge in [-0.2, -0.15) is 0 Å². The maximum Gasteiger partial charge on any atom is 0.377 e. The molecule has 0 radical (unpaired) electrons. The van der Waals surface area contributed by atoms with E-state index in [1.807, 2.05) is 0 Å². The number of alkyl halides is 2. The van der Waals surface area contributed by atoms with Crippen molar-refractivity contribution >= 4 is 35.1 Å². The number of aromatic nitrogens is 3. The number of hydrogen-bond donors (Lipinski definition) is 6. The lowest BCUT2D eigenvalue weighted by atomic mass is 9.88. The number of carboxylic acids is 1. The summed E-state index contributed by atoms with van der Waals surface area (Å²) in [5.41, 5.74) is -0.437. The van der Waals surface area contributed by atoms with Crippen molar-refractivity contribution in [3.8, 4) is 17.2 Å². The Labute approximate surface area is 263 Å². The third kappa shape index (κ3) is 7.61. The zero-order valence-corrected chi connectivity index (χ0v) is 24.8. The Bertz CT molecular complexity index is 1510. The molecule has 244 valence electrons. The highest BCUT2D eigenvalue weighted by molar-refractivity contribution is 6.37. The molecule has 0 aliphatic carbocycles. The Morgan fingerprint density at radius 1 is 1.22 bits per heavy atom. The first kappa shape index (κ1) is 34.2. The van der Waals surface area contributed by atoms with Crippen molar-refractivity contribution in [2.45, 2.75) is 62.6 Å². The maximum absolute atomic E-state index is 14.3. The quantitative estimate of drug-likeness (QED) is 0.162. The molecule has 2 heterocycles. The van der Waals surface area contributed by atoms with Crippen molar-refractivity contribution in [1.29, 1.82) is 0 Å². The molecule has 6 atom stereocenters. The number of amides is 1. The molecule has 18 heteroatoms. The van der Waals surface area contributed by atoms with Gasteiger partial charge in [0.15, 0.2) is 5.75 Å². The number of carboxylic acid groups (broad SMARTS) is 1. The van der Waals surface area contributed by atoms with Crippen molar-refractivity contribution in [3.05, 3.63) is 63.9 Å². The van der Waals surface area contributed by atoms with Crippen LogP contribution >= 0.6 is 23.2 Å². The Kier molecular flexibility index (Phi) is 10.8. The SMILES string of the molecule is CC(=O)N[C@H]1[C@H]([C@H](O)[C@H](O)CO)O[C@@](Oc2ccc(-n3cc(COc4c(Cl)cccc4Cl)nn3)cc2C(F)F)(C(=O)O)C[C@@H]1O. The van der Waals surface area contributed by atoms with Gasteiger partial charge >= 0.3 is 11.8 Å². The van der Waals surface area contributed by atoms with Crippen LogP contribution in [0.2, 0.25) is 10.0 Å². The smallest absolute Gasteiger partial charge is 0.377 e. The van der Waals surface area contributed by atoms with E-state index in [-0.39, 0.29) is 33.8 Å². The highest BCUT2D eigenvalue weighted by Gasteiger charge is 2.57. The van der Waals surface area contributed by atoms with Crippen LogP contribution in [-0.2, 0) is 20.9 Å². The fraction of sp³-hybridized carbons (Fsp3) is 0.407. The van der Waals surface area contributed by atoms with Gasteiger partial charge in [0, 0.05) is 6.92 Å². The summed E-state index contributed by atoms with van der Waals surface area (Å²) in [6.07, 6.45) is -10.3. The largest absolute Gasteiger partial charge is 0.484 e. The number of hydrogen-bond acceptors (Lipinski definition) is 11. The Balaban J connectivity index is 1.62. The lowest BCUT2D eigenvalue weighted by Gasteiger charge is -2.46. The molecule has 6 N–H and O–H groups in total. The van der Waals surface area contributed by atoms with E-state index in [0.717, 1.165) is 23.7 Å². The summed E-state index contributed by atoms with van der Waals surface area (Å²) in [7, 11) is 0. The number of benzene rings is 2. The summed E-state index contributed by atoms with van der Waals surface area (Å²) >= 11 is 12.2. The van der Waals surface area contributed by atoms with E-state index in [9.17, 15) is 43.9 Å². The summed E-state index contributed by atoms with van der Waals surface area (Å²) < 4.78 is 46.3. The second-order valence-corrected chi connectivity index (χ2v) is 10.8. The lowest BCUT2D eigenvalue weighted by molar-refractivity contribution is -0.284. The van der Waals surface area contributed by atoms with Crippen LogP contribution in [0.1, 0.15) is 31.0 Å². The summed E-state index contributed by atoms with van der Waals surface area (Å²) in [5, 5.41) is 61.4. The fourth-order valence-corrected chi connectivity index (χ4v) is 5.11. The van der Waals surface area contributed by atoms with Crippen LogP contribution in [0.25, 0.3) is 5.69 Å². The Morgan fingerprint density at radius 3 is 2.51 bits per heavy atom. The normalized spacial score (nSPS) is 22.9. The zero-order valence-electron chi connectivity index (χ0n) is 23.3. The van der Waals surface area contributed by atoms with E-state index in [4.69, 9.17) is 37.4 Å². The van der Waals surface area contributed by atoms with Crippen molar-refractivity contribution in [3.63, 3.8) is 0 Å². The second kappa shape index (κ2) is 14.2. The maximum atomic E-state index is 14.3. The number of aliphatic hydroxyl groups is 4. The second-order valence-electron chi connectivity index (χ2n) is 10.00. The molecular weight excluding hydrogens is 649 g/mol.